The van der Waals surface area contributed by atoms with Gasteiger partial charge in [-0.25, -0.2) is 9.59 Å². The standard InChI is InChI=1S/C11H15N3O5/c1-11(2,3)7(9(17)18)14-8(16)5-4-6(15)13-10(19)12-5/h4,7H,1-3H3,(H,14,16)(H,17,18)(H2,12,13,15,19)/t7-/m0/s1. The van der Waals surface area contributed by atoms with Crippen LogP contribution in [-0.2, 0) is 4.79 Å². The van der Waals surface area contributed by atoms with Gasteiger partial charge in [-0.15, -0.1) is 0 Å². The summed E-state index contributed by atoms with van der Waals surface area (Å²) in [6.45, 7) is 4.94. The van der Waals surface area contributed by atoms with E-state index < -0.39 is 34.6 Å². The van der Waals surface area contributed by atoms with Gasteiger partial charge in [0, 0.05) is 6.07 Å². The topological polar surface area (TPSA) is 132 Å². The maximum Gasteiger partial charge on any atom is 0.326 e. The molecule has 104 valence electrons. The predicted molar refractivity (Wildman–Crippen MR) is 66.0 cm³/mol. The molecule has 0 spiro atoms. The lowest BCUT2D eigenvalue weighted by atomic mass is 9.86. The SMILES string of the molecule is CC(C)(C)[C@@H](NC(=O)c1cc(=O)[nH]c(=O)[nH]1)C(=O)O. The van der Waals surface area contributed by atoms with Gasteiger partial charge in [0.25, 0.3) is 11.5 Å². The summed E-state index contributed by atoms with van der Waals surface area (Å²) in [4.78, 5) is 49.0. The van der Waals surface area contributed by atoms with Gasteiger partial charge < -0.3 is 15.4 Å². The van der Waals surface area contributed by atoms with Crippen LogP contribution in [0.4, 0.5) is 0 Å². The van der Waals surface area contributed by atoms with Crippen LogP contribution in [0.3, 0.4) is 0 Å². The van der Waals surface area contributed by atoms with Crippen molar-refractivity contribution in [3.8, 4) is 0 Å². The summed E-state index contributed by atoms with van der Waals surface area (Å²) < 4.78 is 0. The Morgan fingerprint density at radius 1 is 1.26 bits per heavy atom. The molecule has 0 bridgehead atoms. The number of rotatable bonds is 3. The number of nitrogens with one attached hydrogen (secondary N) is 3. The van der Waals surface area contributed by atoms with E-state index in [2.05, 4.69) is 10.3 Å². The Bertz CT molecular complexity index is 579. The molecule has 0 unspecified atom stereocenters. The maximum absolute atomic E-state index is 11.8. The number of carboxylic acid groups (broad SMARTS) is 1. The molecule has 0 aliphatic carbocycles. The summed E-state index contributed by atoms with van der Waals surface area (Å²) in [5.41, 5.74) is -2.58. The van der Waals surface area contributed by atoms with Gasteiger partial charge in [-0.1, -0.05) is 20.8 Å². The van der Waals surface area contributed by atoms with Gasteiger partial charge in [0.15, 0.2) is 0 Å². The molecule has 0 aliphatic heterocycles. The highest BCUT2D eigenvalue weighted by atomic mass is 16.4. The molecule has 0 radical (unpaired) electrons. The maximum atomic E-state index is 11.8. The molecule has 1 aromatic rings. The second-order valence-electron chi connectivity index (χ2n) is 5.11. The highest BCUT2D eigenvalue weighted by Gasteiger charge is 2.33. The van der Waals surface area contributed by atoms with Crippen LogP contribution in [0.5, 0.6) is 0 Å². The molecule has 4 N–H and O–H groups in total. The molecule has 0 saturated heterocycles. The minimum absolute atomic E-state index is 0.288. The molecule has 0 fully saturated rings. The third-order valence-electron chi connectivity index (χ3n) is 2.39. The Hall–Kier alpha value is -2.38. The number of carboxylic acids is 1. The lowest BCUT2D eigenvalue weighted by molar-refractivity contribution is -0.142. The van der Waals surface area contributed by atoms with E-state index in [4.69, 9.17) is 5.11 Å². The average Bonchev–Trinajstić information content (AvgIpc) is 2.21. The first-order valence-electron chi connectivity index (χ1n) is 5.48. The molecular formula is C11H15N3O5. The van der Waals surface area contributed by atoms with E-state index in [1.165, 1.54) is 0 Å². The van der Waals surface area contributed by atoms with Crippen LogP contribution in [0.2, 0.25) is 0 Å². The third-order valence-corrected chi connectivity index (χ3v) is 2.39. The molecule has 1 heterocycles. The second-order valence-corrected chi connectivity index (χ2v) is 5.11. The monoisotopic (exact) mass is 269 g/mol. The Labute approximate surface area is 107 Å². The van der Waals surface area contributed by atoms with Crippen molar-refractivity contribution in [3.63, 3.8) is 0 Å². The van der Waals surface area contributed by atoms with Crippen molar-refractivity contribution in [2.24, 2.45) is 5.41 Å². The molecule has 1 rings (SSSR count). The fraction of sp³-hybridized carbons (Fsp3) is 0.455. The zero-order valence-corrected chi connectivity index (χ0v) is 10.7. The van der Waals surface area contributed by atoms with Crippen molar-refractivity contribution in [2.45, 2.75) is 26.8 Å². The minimum atomic E-state index is -1.20. The molecule has 8 heteroatoms. The molecule has 8 nitrogen and oxygen atoms in total. The number of H-pyrrole nitrogens is 2. The quantitative estimate of drug-likeness (QED) is 0.575. The van der Waals surface area contributed by atoms with Crippen molar-refractivity contribution in [3.05, 3.63) is 32.6 Å². The van der Waals surface area contributed by atoms with Gasteiger partial charge in [0.1, 0.15) is 11.7 Å². The van der Waals surface area contributed by atoms with E-state index >= 15 is 0 Å². The summed E-state index contributed by atoms with van der Waals surface area (Å²) in [7, 11) is 0. The van der Waals surface area contributed by atoms with Gasteiger partial charge in [0.2, 0.25) is 0 Å². The first-order valence-corrected chi connectivity index (χ1v) is 5.48. The van der Waals surface area contributed by atoms with E-state index in [-0.39, 0.29) is 5.69 Å². The number of aromatic amines is 2. The van der Waals surface area contributed by atoms with E-state index in [1.54, 1.807) is 20.8 Å². The van der Waals surface area contributed by atoms with Crippen LogP contribution in [0.25, 0.3) is 0 Å². The zero-order valence-electron chi connectivity index (χ0n) is 10.7. The normalized spacial score (nSPS) is 12.8. The summed E-state index contributed by atoms with van der Waals surface area (Å²) in [5, 5.41) is 11.3. The van der Waals surface area contributed by atoms with Crippen LogP contribution < -0.4 is 16.6 Å². The molecule has 0 aromatic carbocycles. The number of hydrogen-bond acceptors (Lipinski definition) is 4. The lowest BCUT2D eigenvalue weighted by Gasteiger charge is -2.27. The minimum Gasteiger partial charge on any atom is -0.480 e. The highest BCUT2D eigenvalue weighted by Crippen LogP contribution is 2.19. The Kier molecular flexibility index (Phi) is 3.93. The Morgan fingerprint density at radius 2 is 1.84 bits per heavy atom. The molecule has 0 saturated carbocycles. The van der Waals surface area contributed by atoms with Crippen molar-refractivity contribution in [1.29, 1.82) is 0 Å². The van der Waals surface area contributed by atoms with Gasteiger partial charge in [-0.05, 0) is 5.41 Å². The van der Waals surface area contributed by atoms with Gasteiger partial charge in [-0.2, -0.15) is 0 Å². The van der Waals surface area contributed by atoms with Crippen molar-refractivity contribution in [2.75, 3.05) is 0 Å². The first kappa shape index (κ1) is 14.7. The molecule has 19 heavy (non-hydrogen) atoms. The lowest BCUT2D eigenvalue weighted by Crippen LogP contribution is -2.49. The number of carbonyl (C=O) groups excluding carboxylic acids is 1. The van der Waals surface area contributed by atoms with Crippen LogP contribution in [-0.4, -0.2) is 33.0 Å². The molecular weight excluding hydrogens is 254 g/mol. The summed E-state index contributed by atoms with van der Waals surface area (Å²) in [6.07, 6.45) is 0. The Balaban J connectivity index is 3.04. The molecule has 1 aromatic heterocycles. The van der Waals surface area contributed by atoms with Gasteiger partial charge in [0.05, 0.1) is 0 Å². The van der Waals surface area contributed by atoms with Gasteiger partial charge in [-0.3, -0.25) is 14.6 Å². The highest BCUT2D eigenvalue weighted by molar-refractivity contribution is 5.95. The molecule has 0 aliphatic rings. The van der Waals surface area contributed by atoms with E-state index in [0.29, 0.717) is 0 Å². The smallest absolute Gasteiger partial charge is 0.326 e. The number of carbonyl (C=O) groups is 2. The fourth-order valence-corrected chi connectivity index (χ4v) is 1.45. The molecule has 1 atom stereocenters. The van der Waals surface area contributed by atoms with Crippen LogP contribution in [0.1, 0.15) is 31.3 Å². The van der Waals surface area contributed by atoms with Crippen LogP contribution in [0.15, 0.2) is 15.7 Å². The second kappa shape index (κ2) is 5.09. The average molecular weight is 269 g/mol. The summed E-state index contributed by atoms with van der Waals surface area (Å²) in [6, 6.07) is -0.263. The van der Waals surface area contributed by atoms with Crippen LogP contribution in [0, 0.1) is 5.41 Å². The summed E-state index contributed by atoms with van der Waals surface area (Å²) in [5.74, 6) is -2.03. The number of amides is 1. The number of hydrogen-bond donors (Lipinski definition) is 4. The van der Waals surface area contributed by atoms with Crippen molar-refractivity contribution >= 4 is 11.9 Å². The van der Waals surface area contributed by atoms with E-state index in [0.717, 1.165) is 6.07 Å². The first-order chi connectivity index (χ1) is 8.61. The van der Waals surface area contributed by atoms with Crippen LogP contribution >= 0.6 is 0 Å². The summed E-state index contributed by atoms with van der Waals surface area (Å²) >= 11 is 0. The number of aliphatic carboxylic acids is 1. The van der Waals surface area contributed by atoms with E-state index in [9.17, 15) is 19.2 Å². The van der Waals surface area contributed by atoms with Gasteiger partial charge >= 0.3 is 11.7 Å². The number of aromatic nitrogens is 2. The Morgan fingerprint density at radius 3 is 2.26 bits per heavy atom. The zero-order chi connectivity index (χ0) is 14.8. The van der Waals surface area contributed by atoms with E-state index in [1.807, 2.05) is 4.98 Å². The largest absolute Gasteiger partial charge is 0.480 e. The predicted octanol–water partition coefficient (Wildman–Crippen LogP) is -0.708. The fourth-order valence-electron chi connectivity index (χ4n) is 1.45. The third kappa shape index (κ3) is 3.80. The molecule has 1 amide bonds. The van der Waals surface area contributed by atoms with Crippen molar-refractivity contribution < 1.29 is 14.7 Å². The van der Waals surface area contributed by atoms with Crippen molar-refractivity contribution in [1.82, 2.24) is 15.3 Å².